The van der Waals surface area contributed by atoms with E-state index in [-0.39, 0.29) is 42.8 Å². The zero-order valence-electron chi connectivity index (χ0n) is 12.1. The van der Waals surface area contributed by atoms with E-state index >= 15 is 0 Å². The Bertz CT molecular complexity index is 699. The van der Waals surface area contributed by atoms with E-state index in [0.717, 1.165) is 0 Å². The van der Waals surface area contributed by atoms with Crippen LogP contribution in [0.5, 0.6) is 0 Å². The van der Waals surface area contributed by atoms with Crippen LogP contribution in [-0.2, 0) is 4.79 Å². The number of rotatable bonds is 8. The topological polar surface area (TPSA) is 175 Å². The van der Waals surface area contributed by atoms with Gasteiger partial charge in [-0.25, -0.2) is 19.2 Å². The van der Waals surface area contributed by atoms with Gasteiger partial charge in [0.2, 0.25) is 0 Å². The predicted octanol–water partition coefficient (Wildman–Crippen LogP) is -3.38. The maximum atomic E-state index is 12.1. The molecule has 5 N–H and O–H groups in total. The van der Waals surface area contributed by atoms with E-state index in [1.54, 1.807) is 9.97 Å². The molecule has 0 unspecified atom stereocenters. The molecule has 0 spiro atoms. The van der Waals surface area contributed by atoms with Gasteiger partial charge in [-0.1, -0.05) is 10.3 Å². The molecule has 0 saturated carbocycles. The quantitative estimate of drug-likeness (QED) is 0.307. The van der Waals surface area contributed by atoms with Crippen molar-refractivity contribution in [3.05, 3.63) is 42.6 Å². The van der Waals surface area contributed by atoms with Gasteiger partial charge in [0.1, 0.15) is 0 Å². The van der Waals surface area contributed by atoms with Crippen LogP contribution in [0.15, 0.2) is 25.5 Å². The summed E-state index contributed by atoms with van der Waals surface area (Å²) in [6.45, 7) is -1.05. The Morgan fingerprint density at radius 3 is 1.83 bits per heavy atom. The lowest BCUT2D eigenvalue weighted by Crippen LogP contribution is -2.48. The molecule has 11 heteroatoms. The molecule has 128 valence electrons. The minimum Gasteiger partial charge on any atom is -0.396 e. The number of aromatic amines is 2. The molecule has 11 nitrogen and oxygen atoms in total. The summed E-state index contributed by atoms with van der Waals surface area (Å²) in [5.41, 5.74) is -3.31. The monoisotopic (exact) mass is 331 g/mol. The van der Waals surface area contributed by atoms with Gasteiger partial charge in [-0.2, -0.15) is 0 Å². The van der Waals surface area contributed by atoms with E-state index in [4.69, 9.17) is 15.3 Å². The third-order valence-electron chi connectivity index (χ3n) is 2.85. The largest absolute Gasteiger partial charge is 0.396 e. The molecule has 0 aromatic carbocycles. The number of hydrogen-bond donors (Lipinski definition) is 5. The summed E-state index contributed by atoms with van der Waals surface area (Å²) >= 11 is 0. The number of aliphatic hydroxyl groups is 3. The first kappa shape index (κ1) is 18.5. The van der Waals surface area contributed by atoms with E-state index in [1.807, 2.05) is 0 Å². The lowest BCUT2D eigenvalue weighted by atomic mass is 10.00. The minimum absolute atomic E-state index is 0.0244. The fourth-order valence-electron chi connectivity index (χ4n) is 1.87. The summed E-state index contributed by atoms with van der Waals surface area (Å²) in [5.74, 6) is -1.12. The lowest BCUT2D eigenvalue weighted by Gasteiger charge is -2.12. The Morgan fingerprint density at radius 1 is 0.913 bits per heavy atom. The van der Waals surface area contributed by atoms with Crippen LogP contribution in [0.3, 0.4) is 0 Å². The SMILES string of the molecule is O=C(On1c(=O)[nH]c(=O)[nH]c1=O)C(CCO)=C(CCO)CCO. The highest BCUT2D eigenvalue weighted by molar-refractivity contribution is 5.89. The van der Waals surface area contributed by atoms with Crippen LogP contribution < -0.4 is 21.9 Å². The Balaban J connectivity index is 3.22. The van der Waals surface area contributed by atoms with Crippen molar-refractivity contribution in [1.29, 1.82) is 0 Å². The molecule has 0 saturated heterocycles. The standard InChI is InChI=1S/C12H17N3O8/c16-4-1-7(2-5-17)8(3-6-18)9(19)23-15-11(21)13-10(20)14-12(15)22/h16-18H,1-6H2,(H2,13,14,20,21,22). The van der Waals surface area contributed by atoms with E-state index < -0.39 is 29.6 Å². The first-order valence-electron chi connectivity index (χ1n) is 6.66. The molecule has 23 heavy (non-hydrogen) atoms. The number of aromatic nitrogens is 3. The van der Waals surface area contributed by atoms with Gasteiger partial charge >= 0.3 is 23.0 Å². The summed E-state index contributed by atoms with van der Waals surface area (Å²) < 4.78 is 0.0244. The minimum atomic E-state index is -1.25. The zero-order valence-corrected chi connectivity index (χ0v) is 12.1. The van der Waals surface area contributed by atoms with Crippen molar-refractivity contribution in [2.75, 3.05) is 19.8 Å². The molecule has 1 aromatic rings. The Hall–Kier alpha value is -2.50. The highest BCUT2D eigenvalue weighted by Crippen LogP contribution is 2.16. The number of H-pyrrole nitrogens is 2. The molecular formula is C12H17N3O8. The van der Waals surface area contributed by atoms with Gasteiger partial charge in [0.15, 0.2) is 0 Å². The average molecular weight is 331 g/mol. The number of carbonyl (C=O) groups is 1. The summed E-state index contributed by atoms with van der Waals surface area (Å²) in [4.78, 5) is 54.0. The Morgan fingerprint density at radius 2 is 1.39 bits per heavy atom. The number of carbonyl (C=O) groups excluding carboxylic acids is 1. The second-order valence-electron chi connectivity index (χ2n) is 4.37. The Labute approximate surface area is 128 Å². The first-order chi connectivity index (χ1) is 10.9. The fraction of sp³-hybridized carbons (Fsp3) is 0.500. The molecule has 0 radical (unpaired) electrons. The molecule has 0 amide bonds. The van der Waals surface area contributed by atoms with Gasteiger partial charge < -0.3 is 20.2 Å². The maximum absolute atomic E-state index is 12.1. The molecule has 1 aromatic heterocycles. The zero-order chi connectivity index (χ0) is 17.4. The van der Waals surface area contributed by atoms with Gasteiger partial charge in [0.25, 0.3) is 0 Å². The van der Waals surface area contributed by atoms with Gasteiger partial charge in [0, 0.05) is 31.8 Å². The first-order valence-corrected chi connectivity index (χ1v) is 6.66. The van der Waals surface area contributed by atoms with E-state index in [2.05, 4.69) is 4.84 Å². The summed E-state index contributed by atoms with van der Waals surface area (Å²) in [7, 11) is 0. The smallest absolute Gasteiger partial charge is 0.367 e. The normalized spacial score (nSPS) is 10.4. The van der Waals surface area contributed by atoms with Crippen LogP contribution in [0.25, 0.3) is 0 Å². The van der Waals surface area contributed by atoms with E-state index in [1.165, 1.54) is 0 Å². The molecule has 0 fully saturated rings. The van der Waals surface area contributed by atoms with Crippen molar-refractivity contribution in [2.45, 2.75) is 19.3 Å². The van der Waals surface area contributed by atoms with E-state index in [9.17, 15) is 19.2 Å². The summed E-state index contributed by atoms with van der Waals surface area (Å²) in [6, 6.07) is 0. The van der Waals surface area contributed by atoms with Crippen molar-refractivity contribution in [3.8, 4) is 0 Å². The lowest BCUT2D eigenvalue weighted by molar-refractivity contribution is -0.141. The third-order valence-corrected chi connectivity index (χ3v) is 2.85. The third kappa shape index (κ3) is 5.02. The molecule has 1 heterocycles. The van der Waals surface area contributed by atoms with Crippen molar-refractivity contribution in [2.24, 2.45) is 0 Å². The molecule has 0 aliphatic rings. The molecular weight excluding hydrogens is 314 g/mol. The van der Waals surface area contributed by atoms with Crippen LogP contribution in [0, 0.1) is 0 Å². The van der Waals surface area contributed by atoms with Crippen molar-refractivity contribution >= 4 is 5.97 Å². The van der Waals surface area contributed by atoms with Gasteiger partial charge in [-0.15, -0.1) is 0 Å². The van der Waals surface area contributed by atoms with Crippen molar-refractivity contribution < 1.29 is 25.0 Å². The Kier molecular flexibility index (Phi) is 7.12. The van der Waals surface area contributed by atoms with Crippen LogP contribution in [0.1, 0.15) is 19.3 Å². The number of aliphatic hydroxyl groups excluding tert-OH is 3. The molecule has 0 aliphatic carbocycles. The van der Waals surface area contributed by atoms with Crippen LogP contribution in [-0.4, -0.2) is 55.8 Å². The highest BCUT2D eigenvalue weighted by atomic mass is 16.7. The molecule has 0 atom stereocenters. The second kappa shape index (κ2) is 8.82. The summed E-state index contributed by atoms with van der Waals surface area (Å²) in [6.07, 6.45) is -0.0755. The van der Waals surface area contributed by atoms with Gasteiger partial charge in [-0.3, -0.25) is 9.97 Å². The predicted molar refractivity (Wildman–Crippen MR) is 75.7 cm³/mol. The number of nitrogens with zero attached hydrogens (tertiary/aromatic N) is 1. The van der Waals surface area contributed by atoms with Crippen LogP contribution in [0.4, 0.5) is 0 Å². The molecule has 0 aliphatic heterocycles. The highest BCUT2D eigenvalue weighted by Gasteiger charge is 2.19. The van der Waals surface area contributed by atoms with Crippen LogP contribution >= 0.6 is 0 Å². The van der Waals surface area contributed by atoms with Crippen LogP contribution in [0.2, 0.25) is 0 Å². The average Bonchev–Trinajstić information content (AvgIpc) is 2.48. The number of nitrogens with one attached hydrogen (secondary N) is 2. The second-order valence-corrected chi connectivity index (χ2v) is 4.37. The number of hydrogen-bond acceptors (Lipinski definition) is 8. The van der Waals surface area contributed by atoms with E-state index in [0.29, 0.717) is 5.57 Å². The summed E-state index contributed by atoms with van der Waals surface area (Å²) in [5, 5.41) is 27.0. The van der Waals surface area contributed by atoms with Crippen molar-refractivity contribution in [3.63, 3.8) is 0 Å². The fourth-order valence-corrected chi connectivity index (χ4v) is 1.87. The molecule has 1 rings (SSSR count). The van der Waals surface area contributed by atoms with Gasteiger partial charge in [-0.05, 0) is 12.8 Å². The van der Waals surface area contributed by atoms with Gasteiger partial charge in [0.05, 0.1) is 0 Å². The molecule has 0 bridgehead atoms. The van der Waals surface area contributed by atoms with Crippen molar-refractivity contribution in [1.82, 2.24) is 14.7 Å². The maximum Gasteiger partial charge on any atom is 0.367 e.